The zero-order chi connectivity index (χ0) is 20.6. The number of rotatable bonds is 4. The molecule has 148 valence electrons. The zero-order valence-electron chi connectivity index (χ0n) is 15.5. The van der Waals surface area contributed by atoms with Gasteiger partial charge < -0.3 is 9.88 Å². The number of thiophene rings is 1. The van der Waals surface area contributed by atoms with Crippen LogP contribution < -0.4 is 5.32 Å². The van der Waals surface area contributed by atoms with Crippen molar-refractivity contribution in [3.63, 3.8) is 0 Å². The summed E-state index contributed by atoms with van der Waals surface area (Å²) < 4.78 is 40.3. The fraction of sp³-hybridized carbons (Fsp3) is 0.136. The van der Waals surface area contributed by atoms with Gasteiger partial charge in [0.15, 0.2) is 0 Å². The summed E-state index contributed by atoms with van der Waals surface area (Å²) in [6, 6.07) is 14.6. The smallest absolute Gasteiger partial charge is 0.341 e. The monoisotopic (exact) mass is 414 g/mol. The van der Waals surface area contributed by atoms with Crippen molar-refractivity contribution in [3.05, 3.63) is 87.7 Å². The Bertz CT molecular complexity index is 1170. The van der Waals surface area contributed by atoms with Gasteiger partial charge in [-0.25, -0.2) is 0 Å². The van der Waals surface area contributed by atoms with Crippen LogP contribution in [0.15, 0.2) is 66.2 Å². The summed E-state index contributed by atoms with van der Waals surface area (Å²) in [7, 11) is 0. The van der Waals surface area contributed by atoms with Crippen LogP contribution in [0.3, 0.4) is 0 Å². The van der Waals surface area contributed by atoms with Crippen molar-refractivity contribution in [2.45, 2.75) is 19.6 Å². The lowest BCUT2D eigenvalue weighted by atomic mass is 10.1. The summed E-state index contributed by atoms with van der Waals surface area (Å²) in [5.74, 6) is -0.171. The first kappa shape index (κ1) is 19.3. The number of hydrogen-bond acceptors (Lipinski definition) is 2. The minimum absolute atomic E-state index is 0.171. The highest BCUT2D eigenvalue weighted by atomic mass is 32.1. The molecule has 0 fully saturated rings. The van der Waals surface area contributed by atoms with Gasteiger partial charge in [0.25, 0.3) is 5.91 Å². The Morgan fingerprint density at radius 2 is 1.79 bits per heavy atom. The molecule has 3 nitrogen and oxygen atoms in total. The summed E-state index contributed by atoms with van der Waals surface area (Å²) in [6.07, 6.45) is -2.53. The minimum atomic E-state index is -4.35. The largest absolute Gasteiger partial charge is 0.416 e. The third kappa shape index (κ3) is 3.91. The molecular weight excluding hydrogens is 397 g/mol. The maximum absolute atomic E-state index is 12.8. The number of carbonyl (C=O) groups excluding carboxylic acids is 1. The van der Waals surface area contributed by atoms with Gasteiger partial charge in [0.1, 0.15) is 0 Å². The van der Waals surface area contributed by atoms with E-state index in [1.807, 2.05) is 53.4 Å². The van der Waals surface area contributed by atoms with Crippen LogP contribution in [0, 0.1) is 6.92 Å². The van der Waals surface area contributed by atoms with Crippen molar-refractivity contribution in [1.29, 1.82) is 0 Å². The topological polar surface area (TPSA) is 34.0 Å². The Morgan fingerprint density at radius 1 is 1.07 bits per heavy atom. The van der Waals surface area contributed by atoms with E-state index in [-0.39, 0.29) is 5.91 Å². The van der Waals surface area contributed by atoms with Crippen LogP contribution in [0.2, 0.25) is 0 Å². The van der Waals surface area contributed by atoms with Gasteiger partial charge in [-0.3, -0.25) is 4.79 Å². The molecule has 4 aromatic rings. The lowest BCUT2D eigenvalue weighted by Gasteiger charge is -2.09. The van der Waals surface area contributed by atoms with E-state index in [2.05, 4.69) is 5.32 Å². The molecule has 1 N–H and O–H groups in total. The summed E-state index contributed by atoms with van der Waals surface area (Å²) in [6.45, 7) is 2.28. The van der Waals surface area contributed by atoms with E-state index in [1.165, 1.54) is 23.5 Å². The second-order valence-electron chi connectivity index (χ2n) is 6.77. The third-order valence-corrected chi connectivity index (χ3v) is 5.75. The predicted molar refractivity (Wildman–Crippen MR) is 109 cm³/mol. The molecule has 0 aliphatic heterocycles. The van der Waals surface area contributed by atoms with Crippen molar-refractivity contribution in [1.82, 2.24) is 4.57 Å². The molecule has 0 saturated carbocycles. The van der Waals surface area contributed by atoms with Gasteiger partial charge in [0, 0.05) is 18.1 Å². The Morgan fingerprint density at radius 3 is 2.45 bits per heavy atom. The molecule has 0 aliphatic rings. The van der Waals surface area contributed by atoms with Gasteiger partial charge >= 0.3 is 6.18 Å². The molecule has 7 heteroatoms. The molecule has 2 aromatic heterocycles. The van der Waals surface area contributed by atoms with Gasteiger partial charge in [-0.1, -0.05) is 30.3 Å². The van der Waals surface area contributed by atoms with Crippen molar-refractivity contribution in [3.8, 4) is 0 Å². The van der Waals surface area contributed by atoms with E-state index in [9.17, 15) is 18.0 Å². The molecule has 0 radical (unpaired) electrons. The number of nitrogens with one attached hydrogen (secondary N) is 1. The first-order chi connectivity index (χ1) is 13.8. The van der Waals surface area contributed by atoms with E-state index in [0.29, 0.717) is 17.1 Å². The van der Waals surface area contributed by atoms with Crippen LogP contribution in [-0.2, 0) is 12.7 Å². The summed E-state index contributed by atoms with van der Waals surface area (Å²) in [5.41, 5.74) is 2.56. The number of nitrogens with zero attached hydrogens (tertiary/aromatic N) is 1. The molecular formula is C22H17F3N2OS. The summed E-state index contributed by atoms with van der Waals surface area (Å²) in [5, 5.41) is 5.72. The highest BCUT2D eigenvalue weighted by Gasteiger charge is 2.29. The molecule has 2 heterocycles. The molecule has 0 aliphatic carbocycles. The molecule has 0 atom stereocenters. The minimum Gasteiger partial charge on any atom is -0.341 e. The Balaban J connectivity index is 1.64. The van der Waals surface area contributed by atoms with Crippen molar-refractivity contribution >= 4 is 33.8 Å². The van der Waals surface area contributed by atoms with Crippen LogP contribution in [0.25, 0.3) is 10.9 Å². The standard InChI is InChI=1S/C22H17F3N2OS/c1-14-10-11-29-20(14)21(28)26-18-13-27(19-5-3-2-4-17(18)19)12-15-6-8-16(9-7-15)22(23,24)25/h2-11,13H,12H2,1H3,(H,26,28). The normalized spacial score (nSPS) is 11.7. The van der Waals surface area contributed by atoms with Gasteiger partial charge in [0.2, 0.25) is 0 Å². The molecule has 1 amide bonds. The molecule has 4 rings (SSSR count). The molecule has 0 bridgehead atoms. The Labute approximate surface area is 169 Å². The lowest BCUT2D eigenvalue weighted by Crippen LogP contribution is -2.11. The van der Waals surface area contributed by atoms with Crippen molar-refractivity contribution in [2.75, 3.05) is 5.32 Å². The zero-order valence-corrected chi connectivity index (χ0v) is 16.3. The number of amides is 1. The molecule has 0 unspecified atom stereocenters. The van der Waals surface area contributed by atoms with Gasteiger partial charge in [-0.15, -0.1) is 11.3 Å². The Kier molecular flexibility index (Phi) is 4.92. The van der Waals surface area contributed by atoms with Crippen LogP contribution in [0.5, 0.6) is 0 Å². The van der Waals surface area contributed by atoms with Crippen LogP contribution in [-0.4, -0.2) is 10.5 Å². The number of hydrogen-bond donors (Lipinski definition) is 1. The van der Waals surface area contributed by atoms with Crippen LogP contribution in [0.4, 0.5) is 18.9 Å². The number of benzene rings is 2. The molecule has 2 aromatic carbocycles. The number of anilines is 1. The first-order valence-electron chi connectivity index (χ1n) is 8.92. The maximum atomic E-state index is 12.8. The predicted octanol–water partition coefficient (Wildman–Crippen LogP) is 6.33. The van der Waals surface area contributed by atoms with Crippen molar-refractivity contribution in [2.24, 2.45) is 0 Å². The number of carbonyl (C=O) groups is 1. The fourth-order valence-electron chi connectivity index (χ4n) is 3.26. The molecule has 0 spiro atoms. The highest BCUT2D eigenvalue weighted by Crippen LogP contribution is 2.31. The first-order valence-corrected chi connectivity index (χ1v) is 9.80. The number of alkyl halides is 3. The van der Waals surface area contributed by atoms with E-state index in [1.54, 1.807) is 0 Å². The maximum Gasteiger partial charge on any atom is 0.416 e. The van der Waals surface area contributed by atoms with E-state index in [0.717, 1.165) is 34.2 Å². The second-order valence-corrected chi connectivity index (χ2v) is 7.69. The number of fused-ring (bicyclic) bond motifs is 1. The van der Waals surface area contributed by atoms with Crippen LogP contribution >= 0.6 is 11.3 Å². The third-order valence-electron chi connectivity index (χ3n) is 4.74. The number of para-hydroxylation sites is 1. The molecule has 0 saturated heterocycles. The number of aromatic nitrogens is 1. The summed E-state index contributed by atoms with van der Waals surface area (Å²) >= 11 is 1.38. The average molecular weight is 414 g/mol. The Hall–Kier alpha value is -3.06. The van der Waals surface area contributed by atoms with Gasteiger partial charge in [-0.2, -0.15) is 13.2 Å². The number of halogens is 3. The van der Waals surface area contributed by atoms with E-state index in [4.69, 9.17) is 0 Å². The van der Waals surface area contributed by atoms with E-state index < -0.39 is 11.7 Å². The van der Waals surface area contributed by atoms with Gasteiger partial charge in [0.05, 0.1) is 21.6 Å². The second kappa shape index (κ2) is 7.40. The SMILES string of the molecule is Cc1ccsc1C(=O)Nc1cn(Cc2ccc(C(F)(F)F)cc2)c2ccccc12. The molecule has 29 heavy (non-hydrogen) atoms. The van der Waals surface area contributed by atoms with Gasteiger partial charge in [-0.05, 0) is 47.7 Å². The fourth-order valence-corrected chi connectivity index (χ4v) is 4.08. The summed E-state index contributed by atoms with van der Waals surface area (Å²) in [4.78, 5) is 13.3. The quantitative estimate of drug-likeness (QED) is 0.416. The lowest BCUT2D eigenvalue weighted by molar-refractivity contribution is -0.137. The van der Waals surface area contributed by atoms with E-state index >= 15 is 0 Å². The van der Waals surface area contributed by atoms with Crippen LogP contribution in [0.1, 0.15) is 26.4 Å². The highest BCUT2D eigenvalue weighted by molar-refractivity contribution is 7.12. The number of aryl methyl sites for hydroxylation is 1. The average Bonchev–Trinajstić information content (AvgIpc) is 3.26. The van der Waals surface area contributed by atoms with Crippen molar-refractivity contribution < 1.29 is 18.0 Å².